The van der Waals surface area contributed by atoms with Gasteiger partial charge in [-0.3, -0.25) is 4.18 Å². The smallest absolute Gasteiger partial charge is 0.264 e. The van der Waals surface area contributed by atoms with Crippen molar-refractivity contribution in [2.75, 3.05) is 24.3 Å². The number of hydrogen-bond acceptors (Lipinski definition) is 5. The molecule has 0 amide bonds. The molecule has 0 saturated carbocycles. The normalized spacial score (nSPS) is 16.9. The van der Waals surface area contributed by atoms with E-state index in [9.17, 15) is 8.42 Å². The van der Waals surface area contributed by atoms with Crippen LogP contribution in [0.1, 0.15) is 5.56 Å². The molecule has 2 aromatic rings. The zero-order valence-corrected chi connectivity index (χ0v) is 16.9. The molecule has 0 fully saturated rings. The molecule has 0 spiro atoms. The largest absolute Gasteiger partial charge is 0.484 e. The van der Waals surface area contributed by atoms with Crippen molar-refractivity contribution in [3.63, 3.8) is 0 Å². The molecule has 0 unspecified atom stereocenters. The highest BCUT2D eigenvalue weighted by Crippen LogP contribution is 2.37. The van der Waals surface area contributed by atoms with Gasteiger partial charge in [0, 0.05) is 21.6 Å². The van der Waals surface area contributed by atoms with Gasteiger partial charge in [-0.05, 0) is 42.0 Å². The maximum absolute atomic E-state index is 11.3. The summed E-state index contributed by atoms with van der Waals surface area (Å²) in [6.07, 6.45) is 0.545. The number of halogens is 3. The van der Waals surface area contributed by atoms with Crippen molar-refractivity contribution < 1.29 is 17.3 Å². The van der Waals surface area contributed by atoms with Crippen LogP contribution in [-0.2, 0) is 20.8 Å². The van der Waals surface area contributed by atoms with Gasteiger partial charge in [0.2, 0.25) is 0 Å². The Morgan fingerprint density at radius 3 is 2.58 bits per heavy atom. The predicted molar refractivity (Wildman–Crippen MR) is 104 cm³/mol. The van der Waals surface area contributed by atoms with Gasteiger partial charge in [0.1, 0.15) is 18.5 Å². The molecule has 2 aromatic carbocycles. The number of nitrogens with zero attached hydrogens (tertiary/aromatic N) is 1. The molecule has 0 N–H and O–H groups in total. The van der Waals surface area contributed by atoms with Crippen LogP contribution in [0.2, 0.25) is 15.1 Å². The average molecular weight is 437 g/mol. The first-order valence-corrected chi connectivity index (χ1v) is 10.7. The maximum Gasteiger partial charge on any atom is 0.264 e. The molecular formula is C17H16Cl3NO4S. The summed E-state index contributed by atoms with van der Waals surface area (Å²) in [6, 6.07) is 10.5. The van der Waals surface area contributed by atoms with E-state index in [0.717, 1.165) is 17.5 Å². The fourth-order valence-corrected chi connectivity index (χ4v) is 3.64. The van der Waals surface area contributed by atoms with Crippen LogP contribution in [0.15, 0.2) is 36.4 Å². The zero-order chi connectivity index (χ0) is 18.9. The Bertz CT molecular complexity index is 920. The quantitative estimate of drug-likeness (QED) is 0.651. The van der Waals surface area contributed by atoms with Gasteiger partial charge in [-0.2, -0.15) is 8.42 Å². The van der Waals surface area contributed by atoms with E-state index in [2.05, 4.69) is 0 Å². The SMILES string of the molecule is CS(=O)(=O)OC[C@H]1CN(Cc2cc(Cl)ccc2Cl)c2cc(Cl)ccc2O1. The van der Waals surface area contributed by atoms with Crippen LogP contribution in [0, 0.1) is 0 Å². The van der Waals surface area contributed by atoms with Gasteiger partial charge < -0.3 is 9.64 Å². The van der Waals surface area contributed by atoms with E-state index in [4.69, 9.17) is 43.7 Å². The van der Waals surface area contributed by atoms with E-state index >= 15 is 0 Å². The standard InChI is InChI=1S/C17H16Cl3NO4S/c1-26(22,23)24-10-14-9-21(8-11-6-12(18)2-4-15(11)20)16-7-13(19)3-5-17(16)25-14/h2-7,14H,8-10H2,1H3/t14-/m1/s1. The first-order chi connectivity index (χ1) is 12.2. The molecule has 3 rings (SSSR count). The minimum atomic E-state index is -3.55. The van der Waals surface area contributed by atoms with Crippen LogP contribution in [0.25, 0.3) is 0 Å². The molecule has 1 heterocycles. The lowest BCUT2D eigenvalue weighted by atomic mass is 10.1. The Morgan fingerprint density at radius 1 is 1.15 bits per heavy atom. The summed E-state index contributed by atoms with van der Waals surface area (Å²) in [6.45, 7) is 0.790. The van der Waals surface area contributed by atoms with E-state index in [1.54, 1.807) is 36.4 Å². The fraction of sp³-hybridized carbons (Fsp3) is 0.294. The molecule has 0 aromatic heterocycles. The van der Waals surface area contributed by atoms with E-state index in [1.807, 2.05) is 4.90 Å². The van der Waals surface area contributed by atoms with E-state index in [0.29, 0.717) is 33.9 Å². The van der Waals surface area contributed by atoms with Crippen LogP contribution < -0.4 is 9.64 Å². The van der Waals surface area contributed by atoms with E-state index in [1.165, 1.54) is 0 Å². The van der Waals surface area contributed by atoms with E-state index in [-0.39, 0.29) is 6.61 Å². The summed E-state index contributed by atoms with van der Waals surface area (Å²) in [7, 11) is -3.55. The van der Waals surface area contributed by atoms with Crippen molar-refractivity contribution in [1.82, 2.24) is 0 Å². The lowest BCUT2D eigenvalue weighted by molar-refractivity contribution is 0.128. The molecule has 0 bridgehead atoms. The molecule has 0 saturated heterocycles. The van der Waals surface area contributed by atoms with Crippen LogP contribution in [-0.4, -0.2) is 33.9 Å². The second-order valence-corrected chi connectivity index (χ2v) is 8.88. The molecule has 26 heavy (non-hydrogen) atoms. The second kappa shape index (κ2) is 7.82. The highest BCUT2D eigenvalue weighted by molar-refractivity contribution is 7.85. The monoisotopic (exact) mass is 435 g/mol. The molecule has 1 atom stereocenters. The van der Waals surface area contributed by atoms with Gasteiger partial charge in [0.05, 0.1) is 18.5 Å². The summed E-state index contributed by atoms with van der Waals surface area (Å²) in [4.78, 5) is 2.01. The van der Waals surface area contributed by atoms with Crippen molar-refractivity contribution in [2.45, 2.75) is 12.6 Å². The average Bonchev–Trinajstić information content (AvgIpc) is 2.56. The lowest BCUT2D eigenvalue weighted by Gasteiger charge is -2.36. The van der Waals surface area contributed by atoms with Crippen LogP contribution in [0.5, 0.6) is 5.75 Å². The Hall–Kier alpha value is -1.18. The number of fused-ring (bicyclic) bond motifs is 1. The van der Waals surface area contributed by atoms with E-state index < -0.39 is 16.2 Å². The molecule has 5 nitrogen and oxygen atoms in total. The Balaban J connectivity index is 1.89. The van der Waals surface area contributed by atoms with Crippen molar-refractivity contribution in [3.8, 4) is 5.75 Å². The van der Waals surface area contributed by atoms with Crippen molar-refractivity contribution in [3.05, 3.63) is 57.0 Å². The Kier molecular flexibility index (Phi) is 5.89. The first kappa shape index (κ1) is 19.6. The highest BCUT2D eigenvalue weighted by Gasteiger charge is 2.27. The topological polar surface area (TPSA) is 55.8 Å². The molecule has 0 radical (unpaired) electrons. The number of ether oxygens (including phenoxy) is 1. The lowest BCUT2D eigenvalue weighted by Crippen LogP contribution is -2.42. The summed E-state index contributed by atoms with van der Waals surface area (Å²) >= 11 is 18.5. The third-order valence-corrected chi connectivity index (χ3v) is 5.22. The molecule has 1 aliphatic rings. The van der Waals surface area contributed by atoms with Crippen molar-refractivity contribution >= 4 is 50.6 Å². The molecule has 0 aliphatic carbocycles. The summed E-state index contributed by atoms with van der Waals surface area (Å²) in [5.41, 5.74) is 1.64. The number of rotatable bonds is 5. The van der Waals surface area contributed by atoms with Gasteiger partial charge in [-0.25, -0.2) is 0 Å². The molecule has 9 heteroatoms. The van der Waals surface area contributed by atoms with Gasteiger partial charge in [0.15, 0.2) is 0 Å². The maximum atomic E-state index is 11.3. The van der Waals surface area contributed by atoms with Crippen LogP contribution >= 0.6 is 34.8 Å². The minimum absolute atomic E-state index is 0.0827. The first-order valence-electron chi connectivity index (χ1n) is 7.71. The Labute approximate surface area is 167 Å². The van der Waals surface area contributed by atoms with Crippen LogP contribution in [0.4, 0.5) is 5.69 Å². The summed E-state index contributed by atoms with van der Waals surface area (Å²) < 4.78 is 33.3. The van der Waals surface area contributed by atoms with Gasteiger partial charge in [0.25, 0.3) is 10.1 Å². The van der Waals surface area contributed by atoms with Gasteiger partial charge in [-0.1, -0.05) is 34.8 Å². The van der Waals surface area contributed by atoms with Gasteiger partial charge in [-0.15, -0.1) is 0 Å². The highest BCUT2D eigenvalue weighted by atomic mass is 35.5. The fourth-order valence-electron chi connectivity index (χ4n) is 2.70. The zero-order valence-electron chi connectivity index (χ0n) is 13.8. The minimum Gasteiger partial charge on any atom is -0.484 e. The third kappa shape index (κ3) is 4.96. The summed E-state index contributed by atoms with van der Waals surface area (Å²) in [5, 5.41) is 1.75. The van der Waals surface area contributed by atoms with Gasteiger partial charge >= 0.3 is 0 Å². The van der Waals surface area contributed by atoms with Crippen molar-refractivity contribution in [1.29, 1.82) is 0 Å². The number of benzene rings is 2. The number of hydrogen-bond donors (Lipinski definition) is 0. The second-order valence-electron chi connectivity index (χ2n) is 5.96. The summed E-state index contributed by atoms with van der Waals surface area (Å²) in [5.74, 6) is 0.598. The molecule has 1 aliphatic heterocycles. The third-order valence-electron chi connectivity index (χ3n) is 3.82. The number of anilines is 1. The molecular weight excluding hydrogens is 421 g/mol. The van der Waals surface area contributed by atoms with Crippen LogP contribution in [0.3, 0.4) is 0 Å². The molecule has 140 valence electrons. The van der Waals surface area contributed by atoms with Crippen molar-refractivity contribution in [2.24, 2.45) is 0 Å². The Morgan fingerprint density at radius 2 is 1.85 bits per heavy atom. The predicted octanol–water partition coefficient (Wildman–Crippen LogP) is 4.39.